The van der Waals surface area contributed by atoms with Crippen molar-refractivity contribution in [3.63, 3.8) is 0 Å². The van der Waals surface area contributed by atoms with Crippen LogP contribution in [-0.2, 0) is 0 Å². The van der Waals surface area contributed by atoms with Crippen LogP contribution in [0.15, 0.2) is 0 Å². The van der Waals surface area contributed by atoms with E-state index in [1.807, 2.05) is 0 Å². The predicted octanol–water partition coefficient (Wildman–Crippen LogP) is 2.70. The topological polar surface area (TPSA) is 32.5 Å². The largest absolute Gasteiger partial charge is 0.329 e. The van der Waals surface area contributed by atoms with Crippen LogP contribution in [0.3, 0.4) is 0 Å². The minimum Gasteiger partial charge on any atom is -0.329 e. The third kappa shape index (κ3) is 3.20. The second-order valence-electron chi connectivity index (χ2n) is 8.21. The molecule has 3 atom stereocenters. The van der Waals surface area contributed by atoms with Gasteiger partial charge in [0, 0.05) is 37.3 Å². The van der Waals surface area contributed by atoms with Crippen LogP contribution in [0.4, 0.5) is 0 Å². The van der Waals surface area contributed by atoms with Gasteiger partial charge in [0.1, 0.15) is 0 Å². The summed E-state index contributed by atoms with van der Waals surface area (Å²) in [6.45, 7) is 12.7. The lowest BCUT2D eigenvalue weighted by molar-refractivity contribution is -0.0177. The van der Waals surface area contributed by atoms with Crippen LogP contribution in [0.5, 0.6) is 0 Å². The molecule has 0 radical (unpaired) electrons. The maximum Gasteiger partial charge on any atom is 0.0333 e. The van der Waals surface area contributed by atoms with Crippen molar-refractivity contribution in [2.24, 2.45) is 11.1 Å². The molecule has 2 rings (SSSR count). The predicted molar refractivity (Wildman–Crippen MR) is 86.9 cm³/mol. The normalized spacial score (nSPS) is 40.5. The Morgan fingerprint density at radius 3 is 2.15 bits per heavy atom. The van der Waals surface area contributed by atoms with Crippen molar-refractivity contribution in [1.82, 2.24) is 9.80 Å². The molecule has 3 nitrogen and oxygen atoms in total. The van der Waals surface area contributed by atoms with Crippen LogP contribution in [0, 0.1) is 5.41 Å². The lowest BCUT2D eigenvalue weighted by Crippen LogP contribution is -2.64. The first-order chi connectivity index (χ1) is 9.30. The van der Waals surface area contributed by atoms with Gasteiger partial charge in [0.15, 0.2) is 0 Å². The molecule has 20 heavy (non-hydrogen) atoms. The Labute approximate surface area is 125 Å². The van der Waals surface area contributed by atoms with Gasteiger partial charge in [-0.1, -0.05) is 20.3 Å². The van der Waals surface area contributed by atoms with Crippen LogP contribution < -0.4 is 5.73 Å². The van der Waals surface area contributed by atoms with Gasteiger partial charge in [0.05, 0.1) is 0 Å². The Hall–Kier alpha value is -0.120. The maximum atomic E-state index is 6.30. The Balaban J connectivity index is 2.14. The molecule has 1 saturated carbocycles. The first-order valence-electron chi connectivity index (χ1n) is 8.47. The number of rotatable bonds is 2. The molecule has 0 aromatic rings. The first-order valence-corrected chi connectivity index (χ1v) is 8.47. The fourth-order valence-electron chi connectivity index (χ4n) is 4.16. The first kappa shape index (κ1) is 16.3. The van der Waals surface area contributed by atoms with E-state index >= 15 is 0 Å². The highest BCUT2D eigenvalue weighted by Crippen LogP contribution is 2.41. The van der Waals surface area contributed by atoms with E-state index in [1.165, 1.54) is 45.2 Å². The fraction of sp³-hybridized carbons (Fsp3) is 1.00. The van der Waals surface area contributed by atoms with Crippen molar-refractivity contribution in [2.75, 3.05) is 26.7 Å². The standard InChI is InChI=1S/C17H35N3/c1-14-11-20(12-15(2)19(14)5)17(13-18)8-6-7-16(3,4)9-10-17/h14-15H,6-13,18H2,1-5H3. The van der Waals surface area contributed by atoms with Crippen molar-refractivity contribution in [2.45, 2.75) is 77.4 Å². The highest BCUT2D eigenvalue weighted by molar-refractivity contribution is 4.99. The zero-order valence-electron chi connectivity index (χ0n) is 14.3. The second-order valence-corrected chi connectivity index (χ2v) is 8.21. The van der Waals surface area contributed by atoms with E-state index in [2.05, 4.69) is 44.5 Å². The van der Waals surface area contributed by atoms with Crippen LogP contribution in [0.1, 0.15) is 59.8 Å². The quantitative estimate of drug-likeness (QED) is 0.790. The molecule has 1 aliphatic heterocycles. The van der Waals surface area contributed by atoms with Gasteiger partial charge >= 0.3 is 0 Å². The molecule has 118 valence electrons. The minimum absolute atomic E-state index is 0.261. The van der Waals surface area contributed by atoms with Crippen molar-refractivity contribution >= 4 is 0 Å². The molecule has 2 aliphatic rings. The average Bonchev–Trinajstić information content (AvgIpc) is 2.54. The van der Waals surface area contributed by atoms with Crippen molar-refractivity contribution in [3.8, 4) is 0 Å². The summed E-state index contributed by atoms with van der Waals surface area (Å²) in [4.78, 5) is 5.26. The van der Waals surface area contributed by atoms with Gasteiger partial charge in [0.25, 0.3) is 0 Å². The van der Waals surface area contributed by atoms with Gasteiger partial charge in [-0.25, -0.2) is 0 Å². The van der Waals surface area contributed by atoms with Gasteiger partial charge in [0.2, 0.25) is 0 Å². The molecule has 1 heterocycles. The summed E-state index contributed by atoms with van der Waals surface area (Å²) in [5.74, 6) is 0. The van der Waals surface area contributed by atoms with E-state index in [0.29, 0.717) is 17.5 Å². The molecule has 0 amide bonds. The molecular formula is C17H35N3. The number of nitrogens with zero attached hydrogens (tertiary/aromatic N) is 2. The maximum absolute atomic E-state index is 6.30. The third-order valence-corrected chi connectivity index (χ3v) is 6.17. The molecule has 2 N–H and O–H groups in total. The molecule has 1 aliphatic carbocycles. The van der Waals surface area contributed by atoms with Crippen molar-refractivity contribution < 1.29 is 0 Å². The molecule has 0 aromatic carbocycles. The Bertz CT molecular complexity index is 316. The Kier molecular flexibility index (Phi) is 4.83. The number of nitrogens with two attached hydrogens (primary N) is 1. The fourth-order valence-corrected chi connectivity index (χ4v) is 4.16. The second kappa shape index (κ2) is 5.94. The van der Waals surface area contributed by atoms with Gasteiger partial charge in [-0.3, -0.25) is 9.80 Å². The summed E-state index contributed by atoms with van der Waals surface area (Å²) >= 11 is 0. The molecule has 3 heteroatoms. The van der Waals surface area contributed by atoms with Gasteiger partial charge in [-0.05, 0) is 52.0 Å². The Morgan fingerprint density at radius 1 is 1.00 bits per heavy atom. The van der Waals surface area contributed by atoms with E-state index in [4.69, 9.17) is 5.73 Å². The smallest absolute Gasteiger partial charge is 0.0333 e. The Morgan fingerprint density at radius 2 is 1.60 bits per heavy atom. The molecule has 0 aromatic heterocycles. The number of hydrogen-bond donors (Lipinski definition) is 1. The zero-order valence-corrected chi connectivity index (χ0v) is 14.3. The molecule has 3 unspecified atom stereocenters. The van der Waals surface area contributed by atoms with Crippen LogP contribution in [0.2, 0.25) is 0 Å². The highest BCUT2D eigenvalue weighted by atomic mass is 15.3. The summed E-state index contributed by atoms with van der Waals surface area (Å²) < 4.78 is 0. The molecule has 2 fully saturated rings. The molecule has 0 bridgehead atoms. The van der Waals surface area contributed by atoms with Gasteiger partial charge in [-0.15, -0.1) is 0 Å². The number of hydrogen-bond acceptors (Lipinski definition) is 3. The third-order valence-electron chi connectivity index (χ3n) is 6.17. The van der Waals surface area contributed by atoms with Gasteiger partial charge in [-0.2, -0.15) is 0 Å². The highest BCUT2D eigenvalue weighted by Gasteiger charge is 2.42. The van der Waals surface area contributed by atoms with Crippen LogP contribution in [0.25, 0.3) is 0 Å². The SMILES string of the molecule is CC1CN(C2(CN)CCCC(C)(C)CC2)CC(C)N1C. The summed E-state index contributed by atoms with van der Waals surface area (Å²) in [7, 11) is 2.26. The van der Waals surface area contributed by atoms with Crippen molar-refractivity contribution in [1.29, 1.82) is 0 Å². The summed E-state index contributed by atoms with van der Waals surface area (Å²) in [6, 6.07) is 1.27. The average molecular weight is 281 g/mol. The van der Waals surface area contributed by atoms with E-state index in [-0.39, 0.29) is 5.54 Å². The lowest BCUT2D eigenvalue weighted by atomic mass is 9.82. The summed E-state index contributed by atoms with van der Waals surface area (Å²) in [5, 5.41) is 0. The van der Waals surface area contributed by atoms with Crippen LogP contribution >= 0.6 is 0 Å². The van der Waals surface area contributed by atoms with E-state index in [0.717, 1.165) is 6.54 Å². The minimum atomic E-state index is 0.261. The van der Waals surface area contributed by atoms with Crippen molar-refractivity contribution in [3.05, 3.63) is 0 Å². The molecular weight excluding hydrogens is 246 g/mol. The molecule has 1 saturated heterocycles. The number of likely N-dealkylation sites (N-methyl/N-ethyl adjacent to an activating group) is 1. The van der Waals surface area contributed by atoms with E-state index in [9.17, 15) is 0 Å². The van der Waals surface area contributed by atoms with Crippen LogP contribution in [-0.4, -0.2) is 54.1 Å². The van der Waals surface area contributed by atoms with Gasteiger partial charge < -0.3 is 5.73 Å². The number of piperazine rings is 1. The zero-order chi connectivity index (χ0) is 15.0. The molecule has 0 spiro atoms. The van der Waals surface area contributed by atoms with E-state index in [1.54, 1.807) is 0 Å². The lowest BCUT2D eigenvalue weighted by Gasteiger charge is -2.51. The summed E-state index contributed by atoms with van der Waals surface area (Å²) in [6.07, 6.45) is 6.57. The summed E-state index contributed by atoms with van der Waals surface area (Å²) in [5.41, 5.74) is 7.06. The monoisotopic (exact) mass is 281 g/mol. The van der Waals surface area contributed by atoms with E-state index < -0.39 is 0 Å².